The Morgan fingerprint density at radius 2 is 1.95 bits per heavy atom. The van der Waals surface area contributed by atoms with Crippen LogP contribution in [-0.2, 0) is 6.54 Å². The molecule has 20 heavy (non-hydrogen) atoms. The van der Waals surface area contributed by atoms with Crippen molar-refractivity contribution < 1.29 is 4.39 Å². The Bertz CT molecular complexity index is 764. The van der Waals surface area contributed by atoms with E-state index in [1.807, 2.05) is 22.8 Å². The maximum Gasteiger partial charge on any atom is 0.160 e. The number of nitrogens with zero attached hydrogens (tertiary/aromatic N) is 3. The van der Waals surface area contributed by atoms with Crippen molar-refractivity contribution in [2.24, 2.45) is 0 Å². The van der Waals surface area contributed by atoms with Crippen molar-refractivity contribution in [1.29, 1.82) is 0 Å². The number of aromatic nitrogens is 3. The maximum atomic E-state index is 13.9. The van der Waals surface area contributed by atoms with Gasteiger partial charge in [0.2, 0.25) is 0 Å². The lowest BCUT2D eigenvalue weighted by atomic mass is 10.3. The lowest BCUT2D eigenvalue weighted by Gasteiger charge is -2.07. The Kier molecular flexibility index (Phi) is 3.10. The number of hydrogen-bond donors (Lipinski definition) is 1. The molecule has 0 radical (unpaired) electrons. The van der Waals surface area contributed by atoms with Crippen molar-refractivity contribution in [3.05, 3.63) is 42.2 Å². The molecule has 1 aromatic carbocycles. The monoisotopic (exact) mass is 270 g/mol. The van der Waals surface area contributed by atoms with Gasteiger partial charge >= 0.3 is 0 Å². The summed E-state index contributed by atoms with van der Waals surface area (Å²) >= 11 is 0. The van der Waals surface area contributed by atoms with Crippen LogP contribution in [0, 0.1) is 5.82 Å². The number of pyridine rings is 1. The van der Waals surface area contributed by atoms with Gasteiger partial charge in [-0.3, -0.25) is 0 Å². The number of benzene rings is 1. The van der Waals surface area contributed by atoms with Gasteiger partial charge in [-0.2, -0.15) is 0 Å². The molecule has 5 heteroatoms. The molecule has 0 atom stereocenters. The maximum absolute atomic E-state index is 13.9. The fourth-order valence-corrected chi connectivity index (χ4v) is 2.33. The molecule has 2 N–H and O–H groups in total. The smallest absolute Gasteiger partial charge is 0.160 e. The van der Waals surface area contributed by atoms with Gasteiger partial charge < -0.3 is 10.3 Å². The minimum atomic E-state index is -0.317. The number of anilines is 1. The van der Waals surface area contributed by atoms with Crippen molar-refractivity contribution in [1.82, 2.24) is 14.5 Å². The molecular formula is C15H15FN4. The van der Waals surface area contributed by atoms with Crippen LogP contribution < -0.4 is 5.73 Å². The molecule has 0 bridgehead atoms. The van der Waals surface area contributed by atoms with E-state index in [1.54, 1.807) is 12.1 Å². The largest absolute Gasteiger partial charge is 0.384 e. The second kappa shape index (κ2) is 4.92. The summed E-state index contributed by atoms with van der Waals surface area (Å²) in [6, 6.07) is 10.4. The normalized spacial score (nSPS) is 11.1. The number of nitrogens with two attached hydrogens (primary N) is 1. The van der Waals surface area contributed by atoms with Crippen LogP contribution in [0.1, 0.15) is 13.3 Å². The second-order valence-corrected chi connectivity index (χ2v) is 4.64. The number of nitrogen functional groups attached to an aromatic ring is 1. The fourth-order valence-electron chi connectivity index (χ4n) is 2.33. The third-order valence-corrected chi connectivity index (χ3v) is 3.18. The van der Waals surface area contributed by atoms with E-state index in [1.165, 1.54) is 6.07 Å². The Labute approximate surface area is 116 Å². The first-order valence-corrected chi connectivity index (χ1v) is 6.58. The first kappa shape index (κ1) is 12.6. The number of hydrogen-bond acceptors (Lipinski definition) is 3. The van der Waals surface area contributed by atoms with Crippen LogP contribution in [0.15, 0.2) is 36.4 Å². The zero-order valence-corrected chi connectivity index (χ0v) is 11.2. The zero-order valence-electron chi connectivity index (χ0n) is 11.2. The number of imidazole rings is 1. The molecule has 3 rings (SSSR count). The minimum absolute atomic E-state index is 0.317. The average Bonchev–Trinajstić information content (AvgIpc) is 2.80. The van der Waals surface area contributed by atoms with Crippen LogP contribution >= 0.6 is 0 Å². The third kappa shape index (κ3) is 2.01. The van der Waals surface area contributed by atoms with Gasteiger partial charge in [0, 0.05) is 6.54 Å². The molecule has 0 amide bonds. The van der Waals surface area contributed by atoms with Crippen LogP contribution in [0.4, 0.5) is 10.2 Å². The van der Waals surface area contributed by atoms with Gasteiger partial charge in [0.05, 0.1) is 5.52 Å². The van der Waals surface area contributed by atoms with E-state index >= 15 is 0 Å². The van der Waals surface area contributed by atoms with Crippen LogP contribution in [0.2, 0.25) is 0 Å². The van der Waals surface area contributed by atoms with Gasteiger partial charge in [-0.05, 0) is 30.7 Å². The summed E-state index contributed by atoms with van der Waals surface area (Å²) < 4.78 is 15.9. The summed E-state index contributed by atoms with van der Waals surface area (Å²) in [5.41, 5.74) is 7.54. The van der Waals surface area contributed by atoms with E-state index < -0.39 is 0 Å². The Hall–Kier alpha value is -2.43. The highest BCUT2D eigenvalue weighted by molar-refractivity contribution is 5.80. The van der Waals surface area contributed by atoms with E-state index in [4.69, 9.17) is 5.73 Å². The molecule has 2 heterocycles. The molecule has 0 fully saturated rings. The van der Waals surface area contributed by atoms with Crippen molar-refractivity contribution in [2.45, 2.75) is 19.9 Å². The standard InChI is InChI=1S/C15H15FN4/c1-2-9-20-12-7-3-5-10(16)14(12)19-15(20)11-6-4-8-13(17)18-11/h3-8H,2,9H2,1H3,(H2,17,18). The van der Waals surface area contributed by atoms with E-state index in [0.717, 1.165) is 18.5 Å². The number of halogens is 1. The van der Waals surface area contributed by atoms with E-state index in [-0.39, 0.29) is 5.82 Å². The second-order valence-electron chi connectivity index (χ2n) is 4.64. The van der Waals surface area contributed by atoms with Crippen molar-refractivity contribution in [2.75, 3.05) is 5.73 Å². The number of rotatable bonds is 3. The Balaban J connectivity index is 2.29. The lowest BCUT2D eigenvalue weighted by Crippen LogP contribution is -2.01. The summed E-state index contributed by atoms with van der Waals surface area (Å²) in [7, 11) is 0. The molecular weight excluding hydrogens is 255 g/mol. The summed E-state index contributed by atoms with van der Waals surface area (Å²) in [6.07, 6.45) is 0.928. The quantitative estimate of drug-likeness (QED) is 0.795. The van der Waals surface area contributed by atoms with Gasteiger partial charge in [-0.1, -0.05) is 19.1 Å². The molecule has 102 valence electrons. The topological polar surface area (TPSA) is 56.7 Å². The van der Waals surface area contributed by atoms with Crippen LogP contribution in [0.5, 0.6) is 0 Å². The molecule has 4 nitrogen and oxygen atoms in total. The fraction of sp³-hybridized carbons (Fsp3) is 0.200. The number of fused-ring (bicyclic) bond motifs is 1. The predicted molar refractivity (Wildman–Crippen MR) is 77.6 cm³/mol. The van der Waals surface area contributed by atoms with Gasteiger partial charge in [-0.25, -0.2) is 14.4 Å². The van der Waals surface area contributed by atoms with Crippen molar-refractivity contribution in [3.63, 3.8) is 0 Å². The lowest BCUT2D eigenvalue weighted by molar-refractivity contribution is 0.637. The summed E-state index contributed by atoms with van der Waals surface area (Å²) in [4.78, 5) is 8.70. The number of aryl methyl sites for hydroxylation is 1. The van der Waals surface area contributed by atoms with Gasteiger partial charge in [0.1, 0.15) is 17.0 Å². The average molecular weight is 270 g/mol. The van der Waals surface area contributed by atoms with E-state index in [2.05, 4.69) is 16.9 Å². The van der Waals surface area contributed by atoms with Gasteiger partial charge in [-0.15, -0.1) is 0 Å². The highest BCUT2D eigenvalue weighted by Crippen LogP contribution is 2.26. The summed E-state index contributed by atoms with van der Waals surface area (Å²) in [5, 5.41) is 0. The molecule has 0 unspecified atom stereocenters. The third-order valence-electron chi connectivity index (χ3n) is 3.18. The summed E-state index contributed by atoms with van der Waals surface area (Å²) in [5.74, 6) is 0.764. The molecule has 0 aliphatic rings. The van der Waals surface area contributed by atoms with Crippen molar-refractivity contribution in [3.8, 4) is 11.5 Å². The predicted octanol–water partition coefficient (Wildman–Crippen LogP) is 3.23. The SMILES string of the molecule is CCCn1c(-c2cccc(N)n2)nc2c(F)cccc21. The van der Waals surface area contributed by atoms with Crippen LogP contribution in [0.3, 0.4) is 0 Å². The molecule has 0 spiro atoms. The van der Waals surface area contributed by atoms with Crippen molar-refractivity contribution >= 4 is 16.9 Å². The Morgan fingerprint density at radius 3 is 2.70 bits per heavy atom. The van der Waals surface area contributed by atoms with Gasteiger partial charge in [0.15, 0.2) is 11.6 Å². The minimum Gasteiger partial charge on any atom is -0.384 e. The molecule has 2 aromatic heterocycles. The van der Waals surface area contributed by atoms with Gasteiger partial charge in [0.25, 0.3) is 0 Å². The molecule has 0 saturated heterocycles. The van der Waals surface area contributed by atoms with Crippen LogP contribution in [0.25, 0.3) is 22.6 Å². The molecule has 0 aliphatic heterocycles. The highest BCUT2D eigenvalue weighted by Gasteiger charge is 2.15. The summed E-state index contributed by atoms with van der Waals surface area (Å²) in [6.45, 7) is 2.83. The number of para-hydroxylation sites is 1. The van der Waals surface area contributed by atoms with E-state index in [0.29, 0.717) is 22.9 Å². The molecule has 0 aliphatic carbocycles. The Morgan fingerprint density at radius 1 is 1.15 bits per heavy atom. The highest BCUT2D eigenvalue weighted by atomic mass is 19.1. The first-order valence-electron chi connectivity index (χ1n) is 6.58. The van der Waals surface area contributed by atoms with E-state index in [9.17, 15) is 4.39 Å². The molecule has 0 saturated carbocycles. The molecule has 3 aromatic rings. The zero-order chi connectivity index (χ0) is 14.1. The first-order chi connectivity index (χ1) is 9.70. The van der Waals surface area contributed by atoms with Crippen LogP contribution in [-0.4, -0.2) is 14.5 Å².